The van der Waals surface area contributed by atoms with Crippen LogP contribution in [0.1, 0.15) is 37.6 Å². The van der Waals surface area contributed by atoms with E-state index in [1.165, 1.54) is 0 Å². The highest BCUT2D eigenvalue weighted by Gasteiger charge is 2.34. The maximum atomic E-state index is 12.5. The summed E-state index contributed by atoms with van der Waals surface area (Å²) in [6.45, 7) is 8.29. The quantitative estimate of drug-likeness (QED) is 0.801. The molecule has 1 fully saturated rings. The van der Waals surface area contributed by atoms with Gasteiger partial charge in [0, 0.05) is 18.8 Å². The fraction of sp³-hybridized carbons (Fsp3) is 0.533. The summed E-state index contributed by atoms with van der Waals surface area (Å²) >= 11 is 6.10. The van der Waals surface area contributed by atoms with Crippen LogP contribution in [-0.4, -0.2) is 23.9 Å². The Bertz CT molecular complexity index is 493. The minimum absolute atomic E-state index is 0.0109. The van der Waals surface area contributed by atoms with E-state index in [-0.39, 0.29) is 11.3 Å². The van der Waals surface area contributed by atoms with E-state index in [4.69, 9.17) is 17.3 Å². The fourth-order valence-electron chi connectivity index (χ4n) is 2.53. The van der Waals surface area contributed by atoms with Crippen molar-refractivity contribution in [2.24, 2.45) is 11.3 Å². The summed E-state index contributed by atoms with van der Waals surface area (Å²) in [4.78, 5) is 14.3. The lowest BCUT2D eigenvalue weighted by Crippen LogP contribution is -2.31. The van der Waals surface area contributed by atoms with Gasteiger partial charge in [-0.2, -0.15) is 0 Å². The van der Waals surface area contributed by atoms with Gasteiger partial charge >= 0.3 is 0 Å². The third kappa shape index (κ3) is 3.03. The van der Waals surface area contributed by atoms with Crippen molar-refractivity contribution in [3.8, 4) is 0 Å². The molecule has 1 heterocycles. The van der Waals surface area contributed by atoms with E-state index in [0.717, 1.165) is 19.5 Å². The van der Waals surface area contributed by atoms with E-state index in [9.17, 15) is 4.79 Å². The van der Waals surface area contributed by atoms with E-state index >= 15 is 0 Å². The molecule has 0 aliphatic carbocycles. The predicted molar refractivity (Wildman–Crippen MR) is 79.3 cm³/mol. The van der Waals surface area contributed by atoms with Crippen LogP contribution < -0.4 is 5.73 Å². The molecule has 0 radical (unpaired) electrons. The molecule has 3 nitrogen and oxygen atoms in total. The number of nitrogen functional groups attached to an aromatic ring is 1. The lowest BCUT2D eigenvalue weighted by Gasteiger charge is -2.27. The molecule has 1 aromatic carbocycles. The number of anilines is 1. The van der Waals surface area contributed by atoms with Gasteiger partial charge in [-0.15, -0.1) is 0 Å². The number of nitrogens with two attached hydrogens (primary N) is 1. The Labute approximate surface area is 119 Å². The number of nitrogens with zero attached hydrogens (tertiary/aromatic N) is 1. The van der Waals surface area contributed by atoms with Gasteiger partial charge in [-0.05, 0) is 36.0 Å². The minimum Gasteiger partial charge on any atom is -0.399 e. The van der Waals surface area contributed by atoms with Crippen molar-refractivity contribution >= 4 is 23.2 Å². The highest BCUT2D eigenvalue weighted by molar-refractivity contribution is 6.34. The zero-order valence-electron chi connectivity index (χ0n) is 11.7. The second kappa shape index (κ2) is 5.04. The van der Waals surface area contributed by atoms with Gasteiger partial charge in [-0.25, -0.2) is 0 Å². The van der Waals surface area contributed by atoms with Crippen molar-refractivity contribution in [2.75, 3.05) is 18.8 Å². The van der Waals surface area contributed by atoms with Gasteiger partial charge < -0.3 is 10.6 Å². The molecule has 0 spiro atoms. The van der Waals surface area contributed by atoms with Crippen LogP contribution >= 0.6 is 11.6 Å². The van der Waals surface area contributed by atoms with Crippen LogP contribution in [0.2, 0.25) is 5.02 Å². The average molecular weight is 281 g/mol. The molecule has 1 aromatic rings. The van der Waals surface area contributed by atoms with Crippen molar-refractivity contribution in [1.82, 2.24) is 4.90 Å². The predicted octanol–water partition coefficient (Wildman–Crippen LogP) is 3.43. The molecule has 1 aliphatic rings. The summed E-state index contributed by atoms with van der Waals surface area (Å²) in [6, 6.07) is 5.06. The van der Waals surface area contributed by atoms with E-state index in [2.05, 4.69) is 20.8 Å². The molecule has 1 saturated heterocycles. The third-order valence-corrected chi connectivity index (χ3v) is 4.24. The van der Waals surface area contributed by atoms with Gasteiger partial charge in [0.05, 0.1) is 10.6 Å². The van der Waals surface area contributed by atoms with Gasteiger partial charge in [0.15, 0.2) is 0 Å². The summed E-state index contributed by atoms with van der Waals surface area (Å²) in [7, 11) is 0. The molecule has 1 amide bonds. The van der Waals surface area contributed by atoms with E-state index in [1.807, 2.05) is 4.90 Å². The summed E-state index contributed by atoms with van der Waals surface area (Å²) in [5.41, 5.74) is 7.01. The third-order valence-electron chi connectivity index (χ3n) is 3.92. The molecule has 4 heteroatoms. The summed E-state index contributed by atoms with van der Waals surface area (Å²) in [5.74, 6) is 0.556. The van der Waals surface area contributed by atoms with Crippen molar-refractivity contribution in [1.29, 1.82) is 0 Å². The number of carbonyl (C=O) groups excluding carboxylic acids is 1. The number of hydrogen-bond acceptors (Lipinski definition) is 2. The number of rotatable bonds is 1. The second-order valence-electron chi connectivity index (χ2n) is 6.34. The maximum Gasteiger partial charge on any atom is 0.255 e. The van der Waals surface area contributed by atoms with Crippen molar-refractivity contribution in [3.05, 3.63) is 28.8 Å². The molecule has 2 rings (SSSR count). The zero-order valence-corrected chi connectivity index (χ0v) is 12.5. The van der Waals surface area contributed by atoms with Gasteiger partial charge in [0.2, 0.25) is 0 Å². The van der Waals surface area contributed by atoms with Gasteiger partial charge in [0.1, 0.15) is 0 Å². The van der Waals surface area contributed by atoms with Crippen molar-refractivity contribution in [2.45, 2.75) is 27.2 Å². The van der Waals surface area contributed by atoms with Crippen LogP contribution in [0, 0.1) is 11.3 Å². The smallest absolute Gasteiger partial charge is 0.255 e. The van der Waals surface area contributed by atoms with Crippen LogP contribution in [-0.2, 0) is 0 Å². The molecule has 1 aliphatic heterocycles. The monoisotopic (exact) mass is 280 g/mol. The lowest BCUT2D eigenvalue weighted by atomic mass is 9.80. The Morgan fingerprint density at radius 2 is 2.11 bits per heavy atom. The molecule has 104 valence electrons. The zero-order chi connectivity index (χ0) is 14.2. The van der Waals surface area contributed by atoms with Crippen LogP contribution in [0.5, 0.6) is 0 Å². The highest BCUT2D eigenvalue weighted by Crippen LogP contribution is 2.34. The molecule has 1 atom stereocenters. The molecule has 1 unspecified atom stereocenters. The Hall–Kier alpha value is -1.22. The van der Waals surface area contributed by atoms with Crippen LogP contribution in [0.25, 0.3) is 0 Å². The molecular weight excluding hydrogens is 260 g/mol. The van der Waals surface area contributed by atoms with E-state index < -0.39 is 0 Å². The van der Waals surface area contributed by atoms with Crippen molar-refractivity contribution < 1.29 is 4.79 Å². The topological polar surface area (TPSA) is 46.3 Å². The number of likely N-dealkylation sites (tertiary alicyclic amines) is 1. The summed E-state index contributed by atoms with van der Waals surface area (Å²) < 4.78 is 0. The van der Waals surface area contributed by atoms with E-state index in [0.29, 0.717) is 22.2 Å². The average Bonchev–Trinajstić information content (AvgIpc) is 2.76. The van der Waals surface area contributed by atoms with Gasteiger partial charge in [0.25, 0.3) is 5.91 Å². The normalized spacial score (nSPS) is 19.8. The van der Waals surface area contributed by atoms with Gasteiger partial charge in [-0.3, -0.25) is 4.79 Å². The first kappa shape index (κ1) is 14.2. The first-order valence-corrected chi connectivity index (χ1v) is 7.01. The number of halogens is 1. The van der Waals surface area contributed by atoms with Crippen LogP contribution in [0.4, 0.5) is 5.69 Å². The molecule has 19 heavy (non-hydrogen) atoms. The summed E-state index contributed by atoms with van der Waals surface area (Å²) in [5, 5.41) is 0.434. The molecular formula is C15H21ClN2O. The molecule has 0 bridgehead atoms. The maximum absolute atomic E-state index is 12.5. The Kier molecular flexibility index (Phi) is 3.77. The number of hydrogen-bond donors (Lipinski definition) is 1. The second-order valence-corrected chi connectivity index (χ2v) is 6.75. The van der Waals surface area contributed by atoms with Crippen LogP contribution in [0.15, 0.2) is 18.2 Å². The Morgan fingerprint density at radius 1 is 1.42 bits per heavy atom. The Balaban J connectivity index is 2.14. The molecule has 2 N–H and O–H groups in total. The molecule has 0 saturated carbocycles. The highest BCUT2D eigenvalue weighted by atomic mass is 35.5. The molecule has 0 aromatic heterocycles. The van der Waals surface area contributed by atoms with E-state index in [1.54, 1.807) is 18.2 Å². The number of carbonyl (C=O) groups is 1. The first-order valence-electron chi connectivity index (χ1n) is 6.63. The minimum atomic E-state index is 0.0109. The standard InChI is InChI=1S/C15H21ClN2O/c1-15(2,3)10-6-7-18(9-10)14(19)12-5-4-11(17)8-13(12)16/h4-5,8,10H,6-7,9,17H2,1-3H3. The number of benzene rings is 1. The fourth-order valence-corrected chi connectivity index (χ4v) is 2.80. The van der Waals surface area contributed by atoms with Gasteiger partial charge in [-0.1, -0.05) is 32.4 Å². The van der Waals surface area contributed by atoms with Crippen LogP contribution in [0.3, 0.4) is 0 Å². The number of amides is 1. The lowest BCUT2D eigenvalue weighted by molar-refractivity contribution is 0.0777. The Morgan fingerprint density at radius 3 is 2.63 bits per heavy atom. The SMILES string of the molecule is CC(C)(C)C1CCN(C(=O)c2ccc(N)cc2Cl)C1. The largest absolute Gasteiger partial charge is 0.399 e. The van der Waals surface area contributed by atoms with Crippen molar-refractivity contribution in [3.63, 3.8) is 0 Å². The summed E-state index contributed by atoms with van der Waals surface area (Å²) in [6.07, 6.45) is 1.06. The first-order chi connectivity index (χ1) is 8.79.